The van der Waals surface area contributed by atoms with E-state index in [0.717, 1.165) is 32.0 Å². The number of hydrogen-bond donors (Lipinski definition) is 1. The number of hydrogen-bond acceptors (Lipinski definition) is 2. The molecule has 0 aliphatic heterocycles. The predicted octanol–water partition coefficient (Wildman–Crippen LogP) is 3.32. The van der Waals surface area contributed by atoms with Crippen molar-refractivity contribution in [2.24, 2.45) is 5.92 Å². The first kappa shape index (κ1) is 14.6. The van der Waals surface area contributed by atoms with E-state index in [2.05, 4.69) is 13.8 Å². The highest BCUT2D eigenvalue weighted by molar-refractivity contribution is 5.49. The van der Waals surface area contributed by atoms with Crippen molar-refractivity contribution < 1.29 is 9.90 Å². The molecule has 2 atom stereocenters. The molecule has 1 N–H and O–H groups in total. The molecule has 90 valence electrons. The lowest BCUT2D eigenvalue weighted by atomic mass is 9.90. The van der Waals surface area contributed by atoms with Crippen LogP contribution in [0.2, 0.25) is 0 Å². The molecular formula is C13H26O2. The highest BCUT2D eigenvalue weighted by Crippen LogP contribution is 2.20. The zero-order valence-electron chi connectivity index (χ0n) is 10.2. The topological polar surface area (TPSA) is 37.3 Å². The Labute approximate surface area is 94.1 Å². The number of rotatable bonds is 10. The molecule has 0 amide bonds. The highest BCUT2D eigenvalue weighted by Gasteiger charge is 2.17. The second-order valence-electron chi connectivity index (χ2n) is 4.37. The van der Waals surface area contributed by atoms with Crippen LogP contribution in [0.15, 0.2) is 0 Å². The van der Waals surface area contributed by atoms with Crippen molar-refractivity contribution in [1.82, 2.24) is 0 Å². The quantitative estimate of drug-likeness (QED) is 0.447. The number of aldehydes is 1. The van der Waals surface area contributed by atoms with E-state index in [9.17, 15) is 9.90 Å². The van der Waals surface area contributed by atoms with Gasteiger partial charge >= 0.3 is 0 Å². The second kappa shape index (κ2) is 10.2. The first-order chi connectivity index (χ1) is 7.26. The molecule has 15 heavy (non-hydrogen) atoms. The van der Waals surface area contributed by atoms with Gasteiger partial charge in [-0.1, -0.05) is 46.0 Å². The highest BCUT2D eigenvalue weighted by atomic mass is 16.3. The van der Waals surface area contributed by atoms with Gasteiger partial charge in [0.15, 0.2) is 0 Å². The SMILES string of the molecule is CCCCCC[C@H](CC=O)[C@H](O)CCC. The van der Waals surface area contributed by atoms with Gasteiger partial charge in [-0.15, -0.1) is 0 Å². The molecule has 2 heteroatoms. The third-order valence-electron chi connectivity index (χ3n) is 2.96. The summed E-state index contributed by atoms with van der Waals surface area (Å²) in [6.45, 7) is 4.26. The number of carbonyl (C=O) groups excluding carboxylic acids is 1. The Bertz CT molecular complexity index is 145. The maximum Gasteiger partial charge on any atom is 0.120 e. The molecule has 0 rings (SSSR count). The average Bonchev–Trinajstić information content (AvgIpc) is 2.23. The molecular weight excluding hydrogens is 188 g/mol. The van der Waals surface area contributed by atoms with E-state index < -0.39 is 0 Å². The minimum absolute atomic E-state index is 0.194. The lowest BCUT2D eigenvalue weighted by Gasteiger charge is -2.20. The predicted molar refractivity (Wildman–Crippen MR) is 63.8 cm³/mol. The maximum atomic E-state index is 10.5. The Balaban J connectivity index is 3.75. The fraction of sp³-hybridized carbons (Fsp3) is 0.923. The van der Waals surface area contributed by atoms with Gasteiger partial charge < -0.3 is 9.90 Å². The normalized spacial score (nSPS) is 14.9. The minimum atomic E-state index is -0.276. The van der Waals surface area contributed by atoms with E-state index in [0.29, 0.717) is 6.42 Å². The van der Waals surface area contributed by atoms with Crippen LogP contribution in [-0.2, 0) is 4.79 Å². The van der Waals surface area contributed by atoms with E-state index >= 15 is 0 Å². The second-order valence-corrected chi connectivity index (χ2v) is 4.37. The molecule has 0 saturated heterocycles. The molecule has 0 heterocycles. The van der Waals surface area contributed by atoms with Crippen LogP contribution in [0, 0.1) is 5.92 Å². The molecule has 0 fully saturated rings. The number of carbonyl (C=O) groups is 1. The summed E-state index contributed by atoms with van der Waals surface area (Å²) in [4.78, 5) is 10.5. The fourth-order valence-corrected chi connectivity index (χ4v) is 1.96. The molecule has 0 aromatic carbocycles. The summed E-state index contributed by atoms with van der Waals surface area (Å²) in [5.74, 6) is 0.194. The summed E-state index contributed by atoms with van der Waals surface area (Å²) < 4.78 is 0. The van der Waals surface area contributed by atoms with Crippen LogP contribution >= 0.6 is 0 Å². The Morgan fingerprint density at radius 2 is 1.80 bits per heavy atom. The largest absolute Gasteiger partial charge is 0.393 e. The van der Waals surface area contributed by atoms with Gasteiger partial charge in [0.1, 0.15) is 6.29 Å². The summed E-state index contributed by atoms with van der Waals surface area (Å²) >= 11 is 0. The summed E-state index contributed by atoms with van der Waals surface area (Å²) in [5.41, 5.74) is 0. The van der Waals surface area contributed by atoms with Crippen molar-refractivity contribution in [3.05, 3.63) is 0 Å². The number of unbranched alkanes of at least 4 members (excludes halogenated alkanes) is 3. The van der Waals surface area contributed by atoms with Crippen LogP contribution < -0.4 is 0 Å². The first-order valence-corrected chi connectivity index (χ1v) is 6.37. The van der Waals surface area contributed by atoms with Gasteiger partial charge in [-0.2, -0.15) is 0 Å². The number of aliphatic hydroxyl groups is 1. The molecule has 0 saturated carbocycles. The van der Waals surface area contributed by atoms with Crippen molar-refractivity contribution in [2.45, 2.75) is 71.3 Å². The van der Waals surface area contributed by atoms with Gasteiger partial charge in [-0.05, 0) is 18.8 Å². The van der Waals surface area contributed by atoms with Gasteiger partial charge in [0.25, 0.3) is 0 Å². The Morgan fingerprint density at radius 1 is 1.07 bits per heavy atom. The van der Waals surface area contributed by atoms with Gasteiger partial charge in [0.05, 0.1) is 6.10 Å². The van der Waals surface area contributed by atoms with Crippen LogP contribution in [0.1, 0.15) is 65.2 Å². The molecule has 0 aromatic heterocycles. The fourth-order valence-electron chi connectivity index (χ4n) is 1.96. The summed E-state index contributed by atoms with van der Waals surface area (Å²) in [6.07, 6.45) is 8.88. The van der Waals surface area contributed by atoms with Crippen molar-refractivity contribution in [2.75, 3.05) is 0 Å². The zero-order chi connectivity index (χ0) is 11.5. The van der Waals surface area contributed by atoms with Crippen LogP contribution in [-0.4, -0.2) is 17.5 Å². The summed E-state index contributed by atoms with van der Waals surface area (Å²) in [5, 5.41) is 9.84. The lowest BCUT2D eigenvalue weighted by molar-refractivity contribution is -0.109. The smallest absolute Gasteiger partial charge is 0.120 e. The maximum absolute atomic E-state index is 10.5. The molecule has 0 aromatic rings. The van der Waals surface area contributed by atoms with Crippen LogP contribution in [0.3, 0.4) is 0 Å². The van der Waals surface area contributed by atoms with Crippen LogP contribution in [0.5, 0.6) is 0 Å². The van der Waals surface area contributed by atoms with Gasteiger partial charge in [-0.3, -0.25) is 0 Å². The Hall–Kier alpha value is -0.370. The molecule has 0 unspecified atom stereocenters. The van der Waals surface area contributed by atoms with Crippen molar-refractivity contribution in [3.8, 4) is 0 Å². The van der Waals surface area contributed by atoms with Crippen LogP contribution in [0.25, 0.3) is 0 Å². The number of aliphatic hydroxyl groups excluding tert-OH is 1. The molecule has 0 radical (unpaired) electrons. The van der Waals surface area contributed by atoms with Crippen molar-refractivity contribution >= 4 is 6.29 Å². The van der Waals surface area contributed by atoms with Gasteiger partial charge in [0, 0.05) is 6.42 Å². The van der Waals surface area contributed by atoms with Gasteiger partial charge in [-0.25, -0.2) is 0 Å². The van der Waals surface area contributed by atoms with E-state index in [1.807, 2.05) is 0 Å². The standard InChI is InChI=1S/C13H26O2/c1-3-5-6-7-9-12(10-11-14)13(15)8-4-2/h11-13,15H,3-10H2,1-2H3/t12-,13-/m1/s1. The lowest BCUT2D eigenvalue weighted by Crippen LogP contribution is -2.20. The third-order valence-corrected chi connectivity index (χ3v) is 2.96. The zero-order valence-corrected chi connectivity index (χ0v) is 10.2. The van der Waals surface area contributed by atoms with E-state index in [4.69, 9.17) is 0 Å². The molecule has 0 aliphatic carbocycles. The summed E-state index contributed by atoms with van der Waals surface area (Å²) in [7, 11) is 0. The van der Waals surface area contributed by atoms with Crippen molar-refractivity contribution in [3.63, 3.8) is 0 Å². The van der Waals surface area contributed by atoms with E-state index in [1.54, 1.807) is 0 Å². The minimum Gasteiger partial charge on any atom is -0.393 e. The first-order valence-electron chi connectivity index (χ1n) is 6.37. The Kier molecular flexibility index (Phi) is 9.91. The van der Waals surface area contributed by atoms with E-state index in [-0.39, 0.29) is 12.0 Å². The Morgan fingerprint density at radius 3 is 2.33 bits per heavy atom. The van der Waals surface area contributed by atoms with Crippen molar-refractivity contribution in [1.29, 1.82) is 0 Å². The average molecular weight is 214 g/mol. The van der Waals surface area contributed by atoms with E-state index in [1.165, 1.54) is 19.3 Å². The molecule has 0 bridgehead atoms. The molecule has 2 nitrogen and oxygen atoms in total. The third kappa shape index (κ3) is 7.55. The molecule has 0 aliphatic rings. The monoisotopic (exact) mass is 214 g/mol. The molecule has 0 spiro atoms. The van der Waals surface area contributed by atoms with Crippen LogP contribution in [0.4, 0.5) is 0 Å². The van der Waals surface area contributed by atoms with Gasteiger partial charge in [0.2, 0.25) is 0 Å². The summed E-state index contributed by atoms with van der Waals surface area (Å²) in [6, 6.07) is 0.